The van der Waals surface area contributed by atoms with Crippen LogP contribution in [0.5, 0.6) is 0 Å². The van der Waals surface area contributed by atoms with E-state index in [0.29, 0.717) is 6.04 Å². The van der Waals surface area contributed by atoms with E-state index in [1.54, 1.807) is 12.4 Å². The smallest absolute Gasteiger partial charge is 0.0621 e. The van der Waals surface area contributed by atoms with E-state index in [-0.39, 0.29) is 0 Å². The van der Waals surface area contributed by atoms with Gasteiger partial charge in [-0.15, -0.1) is 0 Å². The molecule has 2 nitrogen and oxygen atoms in total. The number of halogens is 1. The first kappa shape index (κ1) is 12.5. The number of pyridine rings is 1. The van der Waals surface area contributed by atoms with Gasteiger partial charge in [-0.1, -0.05) is 24.9 Å². The summed E-state index contributed by atoms with van der Waals surface area (Å²) >= 11 is 6.05. The Kier molecular flexibility index (Phi) is 5.66. The molecule has 1 N–H and O–H groups in total. The van der Waals surface area contributed by atoms with Gasteiger partial charge >= 0.3 is 0 Å². The van der Waals surface area contributed by atoms with Crippen molar-refractivity contribution in [3.63, 3.8) is 0 Å². The van der Waals surface area contributed by atoms with Crippen LogP contribution >= 0.6 is 11.6 Å². The average Bonchev–Trinajstić information content (AvgIpc) is 2.26. The molecule has 3 heteroatoms. The molecule has 0 fully saturated rings. The summed E-state index contributed by atoms with van der Waals surface area (Å²) in [6.45, 7) is 2.21. The van der Waals surface area contributed by atoms with Crippen molar-refractivity contribution < 1.29 is 0 Å². The molecular weight excluding hydrogens is 208 g/mol. The van der Waals surface area contributed by atoms with Crippen LogP contribution in [0.1, 0.15) is 31.7 Å². The van der Waals surface area contributed by atoms with Crippen molar-refractivity contribution in [2.24, 2.45) is 0 Å². The van der Waals surface area contributed by atoms with Crippen molar-refractivity contribution in [2.45, 2.75) is 38.6 Å². The number of hydrogen-bond donors (Lipinski definition) is 1. The summed E-state index contributed by atoms with van der Waals surface area (Å²) in [6.07, 6.45) is 8.11. The van der Waals surface area contributed by atoms with Crippen LogP contribution < -0.4 is 5.32 Å². The van der Waals surface area contributed by atoms with E-state index < -0.39 is 0 Å². The number of nitrogens with zero attached hydrogens (tertiary/aromatic N) is 1. The van der Waals surface area contributed by atoms with Gasteiger partial charge in [0.05, 0.1) is 5.02 Å². The molecule has 0 spiro atoms. The molecule has 0 aliphatic carbocycles. The molecule has 0 saturated heterocycles. The molecule has 0 aliphatic rings. The second-order valence-electron chi connectivity index (χ2n) is 3.78. The summed E-state index contributed by atoms with van der Waals surface area (Å²) in [5, 5.41) is 4.12. The summed E-state index contributed by atoms with van der Waals surface area (Å²) in [7, 11) is 2.02. The minimum absolute atomic E-state index is 0.597. The Morgan fingerprint density at radius 2 is 2.27 bits per heavy atom. The highest BCUT2D eigenvalue weighted by molar-refractivity contribution is 6.31. The van der Waals surface area contributed by atoms with Gasteiger partial charge < -0.3 is 5.32 Å². The lowest BCUT2D eigenvalue weighted by molar-refractivity contribution is 0.484. The second-order valence-corrected chi connectivity index (χ2v) is 4.19. The van der Waals surface area contributed by atoms with Crippen LogP contribution in [0.3, 0.4) is 0 Å². The Bertz CT molecular complexity index is 289. The van der Waals surface area contributed by atoms with Crippen molar-refractivity contribution in [1.82, 2.24) is 10.3 Å². The third-order valence-electron chi connectivity index (χ3n) is 2.66. The molecule has 1 rings (SSSR count). The summed E-state index contributed by atoms with van der Waals surface area (Å²) in [5.41, 5.74) is 1.20. The maximum Gasteiger partial charge on any atom is 0.0621 e. The minimum atomic E-state index is 0.597. The van der Waals surface area contributed by atoms with E-state index in [4.69, 9.17) is 11.6 Å². The number of aryl methyl sites for hydroxylation is 1. The Balaban J connectivity index is 2.45. The van der Waals surface area contributed by atoms with E-state index in [9.17, 15) is 0 Å². The molecule has 15 heavy (non-hydrogen) atoms. The highest BCUT2D eigenvalue weighted by atomic mass is 35.5. The van der Waals surface area contributed by atoms with Crippen molar-refractivity contribution in [3.05, 3.63) is 29.0 Å². The number of aromatic nitrogens is 1. The Labute approximate surface area is 97.1 Å². The van der Waals surface area contributed by atoms with E-state index in [2.05, 4.69) is 17.2 Å². The lowest BCUT2D eigenvalue weighted by atomic mass is 10.0. The number of nitrogens with one attached hydrogen (secondary N) is 1. The van der Waals surface area contributed by atoms with Crippen LogP contribution in [0.4, 0.5) is 0 Å². The zero-order chi connectivity index (χ0) is 11.1. The van der Waals surface area contributed by atoms with Crippen LogP contribution in [-0.2, 0) is 6.42 Å². The largest absolute Gasteiger partial charge is 0.317 e. The highest BCUT2D eigenvalue weighted by Gasteiger charge is 2.06. The van der Waals surface area contributed by atoms with Gasteiger partial charge in [0.1, 0.15) is 0 Å². The predicted molar refractivity (Wildman–Crippen MR) is 65.3 cm³/mol. The predicted octanol–water partition coefficient (Wildman–Crippen LogP) is 3.06. The first-order valence-electron chi connectivity index (χ1n) is 5.53. The Morgan fingerprint density at radius 3 is 2.87 bits per heavy atom. The van der Waals surface area contributed by atoms with Crippen molar-refractivity contribution in [1.29, 1.82) is 0 Å². The first-order chi connectivity index (χ1) is 7.27. The standard InChI is InChI=1S/C12H19ClN2/c1-3-4-11(14-2)6-5-10-7-8-15-9-12(10)13/h7-9,11,14H,3-6H2,1-2H3. The highest BCUT2D eigenvalue weighted by Crippen LogP contribution is 2.16. The monoisotopic (exact) mass is 226 g/mol. The topological polar surface area (TPSA) is 24.9 Å². The maximum absolute atomic E-state index is 6.05. The Morgan fingerprint density at radius 1 is 1.47 bits per heavy atom. The third-order valence-corrected chi connectivity index (χ3v) is 3.00. The van der Waals surface area contributed by atoms with Crippen LogP contribution in [0.15, 0.2) is 18.5 Å². The summed E-state index contributed by atoms with van der Waals surface area (Å²) in [6, 6.07) is 2.60. The van der Waals surface area contributed by atoms with Gasteiger partial charge in [-0.25, -0.2) is 0 Å². The molecule has 84 valence electrons. The zero-order valence-electron chi connectivity index (χ0n) is 9.46. The SMILES string of the molecule is CCCC(CCc1ccncc1Cl)NC. The van der Waals surface area contributed by atoms with Gasteiger partial charge in [0.2, 0.25) is 0 Å². The fourth-order valence-corrected chi connectivity index (χ4v) is 1.93. The third kappa shape index (κ3) is 4.18. The quantitative estimate of drug-likeness (QED) is 0.807. The van der Waals surface area contributed by atoms with E-state index in [1.165, 1.54) is 18.4 Å². The zero-order valence-corrected chi connectivity index (χ0v) is 10.2. The van der Waals surface area contributed by atoms with E-state index >= 15 is 0 Å². The van der Waals surface area contributed by atoms with Crippen molar-refractivity contribution >= 4 is 11.6 Å². The van der Waals surface area contributed by atoms with Gasteiger partial charge in [-0.3, -0.25) is 4.98 Å². The molecule has 1 heterocycles. The van der Waals surface area contributed by atoms with Gasteiger partial charge in [0, 0.05) is 18.4 Å². The minimum Gasteiger partial charge on any atom is -0.317 e. The second kappa shape index (κ2) is 6.81. The van der Waals surface area contributed by atoms with Crippen molar-refractivity contribution in [2.75, 3.05) is 7.05 Å². The molecule has 1 unspecified atom stereocenters. The maximum atomic E-state index is 6.05. The Hall–Kier alpha value is -0.600. The normalized spacial score (nSPS) is 12.7. The summed E-state index contributed by atoms with van der Waals surface area (Å²) in [4.78, 5) is 3.98. The van der Waals surface area contributed by atoms with Crippen LogP contribution in [-0.4, -0.2) is 18.1 Å². The molecule has 1 aromatic heterocycles. The van der Waals surface area contributed by atoms with Crippen molar-refractivity contribution in [3.8, 4) is 0 Å². The van der Waals surface area contributed by atoms with Gasteiger partial charge in [-0.2, -0.15) is 0 Å². The van der Waals surface area contributed by atoms with Gasteiger partial charge in [0.25, 0.3) is 0 Å². The van der Waals surface area contributed by atoms with E-state index in [0.717, 1.165) is 17.9 Å². The molecular formula is C12H19ClN2. The molecule has 1 atom stereocenters. The van der Waals surface area contributed by atoms with Crippen LogP contribution in [0.25, 0.3) is 0 Å². The lowest BCUT2D eigenvalue weighted by Crippen LogP contribution is -2.25. The molecule has 0 aliphatic heterocycles. The number of rotatable bonds is 6. The van der Waals surface area contributed by atoms with Gasteiger partial charge in [-0.05, 0) is 37.9 Å². The summed E-state index contributed by atoms with van der Waals surface area (Å²) < 4.78 is 0. The van der Waals surface area contributed by atoms with Crippen LogP contribution in [0, 0.1) is 0 Å². The molecule has 0 aromatic carbocycles. The molecule has 0 amide bonds. The van der Waals surface area contributed by atoms with Gasteiger partial charge in [0.15, 0.2) is 0 Å². The number of hydrogen-bond acceptors (Lipinski definition) is 2. The fraction of sp³-hybridized carbons (Fsp3) is 0.583. The molecule has 0 radical (unpaired) electrons. The fourth-order valence-electron chi connectivity index (χ4n) is 1.72. The molecule has 1 aromatic rings. The summed E-state index contributed by atoms with van der Waals surface area (Å²) in [5.74, 6) is 0. The lowest BCUT2D eigenvalue weighted by Gasteiger charge is -2.15. The molecule has 0 bridgehead atoms. The van der Waals surface area contributed by atoms with E-state index in [1.807, 2.05) is 13.1 Å². The molecule has 0 saturated carbocycles. The average molecular weight is 227 g/mol. The first-order valence-corrected chi connectivity index (χ1v) is 5.91. The van der Waals surface area contributed by atoms with Crippen LogP contribution in [0.2, 0.25) is 5.02 Å².